The van der Waals surface area contributed by atoms with Gasteiger partial charge >= 0.3 is 5.97 Å². The Hall–Kier alpha value is -1.46. The second-order valence-electron chi connectivity index (χ2n) is 8.65. The van der Waals surface area contributed by atoms with E-state index in [9.17, 15) is 9.59 Å². The van der Waals surface area contributed by atoms with Gasteiger partial charge in [-0.3, -0.25) is 9.69 Å². The largest absolute Gasteiger partial charge is 0.461 e. The summed E-state index contributed by atoms with van der Waals surface area (Å²) in [6.45, 7) is 13.6. The molecule has 3 atom stereocenters. The number of Topliss-reactive ketones (excluding diaryl/α,β-unsaturated/α-hetero) is 1. The molecule has 1 heterocycles. The zero-order valence-corrected chi connectivity index (χ0v) is 17.1. The minimum Gasteiger partial charge on any atom is -0.461 e. The predicted octanol–water partition coefficient (Wildman–Crippen LogP) is 2.67. The first-order chi connectivity index (χ1) is 12.9. The van der Waals surface area contributed by atoms with Gasteiger partial charge in [-0.1, -0.05) is 19.1 Å². The van der Waals surface area contributed by atoms with Crippen LogP contribution >= 0.6 is 0 Å². The number of ketones is 1. The summed E-state index contributed by atoms with van der Waals surface area (Å²) in [6.07, 6.45) is 3.43. The van der Waals surface area contributed by atoms with Gasteiger partial charge in [0.1, 0.15) is 6.61 Å². The monoisotopic (exact) mass is 374 g/mol. The first-order valence-corrected chi connectivity index (χ1v) is 10.4. The maximum Gasteiger partial charge on any atom is 0.333 e. The Balaban J connectivity index is 1.52. The summed E-state index contributed by atoms with van der Waals surface area (Å²) < 4.78 is 5.54. The lowest BCUT2D eigenvalue weighted by atomic mass is 9.86. The van der Waals surface area contributed by atoms with Gasteiger partial charge < -0.3 is 9.64 Å². The van der Waals surface area contributed by atoms with Crippen LogP contribution in [0.1, 0.15) is 39.5 Å². The number of piperazine rings is 1. The SMILES string of the molecule is C=C(C(=O)OCCN1CCN(C)CC1)[C@@H]1CC[C@H](C)[C@@H]2CC(=O)C(C)=C2C1. The van der Waals surface area contributed by atoms with Crippen molar-refractivity contribution in [1.29, 1.82) is 0 Å². The lowest BCUT2D eigenvalue weighted by Crippen LogP contribution is -2.45. The number of rotatable bonds is 5. The van der Waals surface area contributed by atoms with Crippen molar-refractivity contribution in [2.24, 2.45) is 17.8 Å². The van der Waals surface area contributed by atoms with E-state index in [2.05, 4.69) is 30.4 Å². The molecule has 0 unspecified atom stereocenters. The molecule has 3 aliphatic rings. The number of hydrogen-bond donors (Lipinski definition) is 0. The highest BCUT2D eigenvalue weighted by Crippen LogP contribution is 2.45. The molecular weight excluding hydrogens is 340 g/mol. The highest BCUT2D eigenvalue weighted by Gasteiger charge is 2.38. The summed E-state index contributed by atoms with van der Waals surface area (Å²) in [5, 5.41) is 0. The van der Waals surface area contributed by atoms with Crippen LogP contribution in [-0.2, 0) is 14.3 Å². The van der Waals surface area contributed by atoms with Crippen LogP contribution in [0.2, 0.25) is 0 Å². The summed E-state index contributed by atoms with van der Waals surface area (Å²) >= 11 is 0. The van der Waals surface area contributed by atoms with E-state index in [1.165, 1.54) is 5.57 Å². The number of ether oxygens (including phenoxy) is 1. The summed E-state index contributed by atoms with van der Waals surface area (Å²) in [5.74, 6) is 0.978. The third-order valence-electron chi connectivity index (χ3n) is 6.87. The van der Waals surface area contributed by atoms with Crippen molar-refractivity contribution in [3.05, 3.63) is 23.3 Å². The first kappa shape index (κ1) is 20.3. The molecule has 0 spiro atoms. The van der Waals surface area contributed by atoms with E-state index in [1.807, 2.05) is 6.92 Å². The highest BCUT2D eigenvalue weighted by molar-refractivity contribution is 5.98. The zero-order valence-electron chi connectivity index (χ0n) is 17.1. The normalized spacial score (nSPS) is 30.2. The van der Waals surface area contributed by atoms with Gasteiger partial charge in [0.25, 0.3) is 0 Å². The molecule has 0 bridgehead atoms. The van der Waals surface area contributed by atoms with Crippen molar-refractivity contribution in [3.63, 3.8) is 0 Å². The molecule has 1 saturated heterocycles. The van der Waals surface area contributed by atoms with Crippen LogP contribution in [0.3, 0.4) is 0 Å². The molecule has 1 saturated carbocycles. The minimum atomic E-state index is -0.261. The Morgan fingerprint density at radius 3 is 2.59 bits per heavy atom. The number of esters is 1. The van der Waals surface area contributed by atoms with Crippen molar-refractivity contribution < 1.29 is 14.3 Å². The predicted molar refractivity (Wildman–Crippen MR) is 106 cm³/mol. The maximum absolute atomic E-state index is 12.5. The van der Waals surface area contributed by atoms with Gasteiger partial charge in [-0.15, -0.1) is 0 Å². The van der Waals surface area contributed by atoms with Crippen molar-refractivity contribution in [3.8, 4) is 0 Å². The van der Waals surface area contributed by atoms with Crippen LogP contribution in [-0.4, -0.2) is 67.9 Å². The quantitative estimate of drug-likeness (QED) is 0.547. The fourth-order valence-corrected chi connectivity index (χ4v) is 4.71. The zero-order chi connectivity index (χ0) is 19.6. The molecule has 0 aromatic heterocycles. The molecule has 2 aliphatic carbocycles. The molecule has 150 valence electrons. The minimum absolute atomic E-state index is 0.101. The van der Waals surface area contributed by atoms with E-state index in [0.717, 1.165) is 57.6 Å². The Kier molecular flexibility index (Phi) is 6.53. The molecular formula is C22H34N2O3. The van der Waals surface area contributed by atoms with Crippen LogP contribution in [0.4, 0.5) is 0 Å². The Morgan fingerprint density at radius 2 is 1.89 bits per heavy atom. The highest BCUT2D eigenvalue weighted by atomic mass is 16.5. The Morgan fingerprint density at radius 1 is 1.19 bits per heavy atom. The van der Waals surface area contributed by atoms with Gasteiger partial charge in [-0.25, -0.2) is 4.79 Å². The van der Waals surface area contributed by atoms with Gasteiger partial charge in [0, 0.05) is 44.7 Å². The van der Waals surface area contributed by atoms with Crippen LogP contribution in [0.15, 0.2) is 23.3 Å². The smallest absolute Gasteiger partial charge is 0.333 e. The molecule has 0 N–H and O–H groups in total. The van der Waals surface area contributed by atoms with E-state index in [0.29, 0.717) is 30.4 Å². The van der Waals surface area contributed by atoms with Gasteiger partial charge in [0.15, 0.2) is 5.78 Å². The molecule has 2 fully saturated rings. The molecule has 5 nitrogen and oxygen atoms in total. The van der Waals surface area contributed by atoms with E-state index in [-0.39, 0.29) is 17.7 Å². The maximum atomic E-state index is 12.5. The number of fused-ring (bicyclic) bond motifs is 1. The molecule has 5 heteroatoms. The van der Waals surface area contributed by atoms with E-state index >= 15 is 0 Å². The van der Waals surface area contributed by atoms with Crippen LogP contribution in [0.5, 0.6) is 0 Å². The van der Waals surface area contributed by atoms with E-state index in [4.69, 9.17) is 4.74 Å². The second-order valence-corrected chi connectivity index (χ2v) is 8.65. The number of likely N-dealkylation sites (N-methyl/N-ethyl adjacent to an activating group) is 1. The third-order valence-corrected chi connectivity index (χ3v) is 6.87. The van der Waals surface area contributed by atoms with Gasteiger partial charge in [0.05, 0.1) is 0 Å². The summed E-state index contributed by atoms with van der Waals surface area (Å²) in [7, 11) is 2.13. The van der Waals surface area contributed by atoms with Gasteiger partial charge in [-0.05, 0) is 56.6 Å². The number of carbonyl (C=O) groups is 2. The van der Waals surface area contributed by atoms with Gasteiger partial charge in [0.2, 0.25) is 0 Å². The molecule has 1 aliphatic heterocycles. The average Bonchev–Trinajstić information content (AvgIpc) is 2.83. The van der Waals surface area contributed by atoms with Crippen molar-refractivity contribution in [2.75, 3.05) is 46.4 Å². The molecule has 27 heavy (non-hydrogen) atoms. The second kappa shape index (κ2) is 8.70. The molecule has 3 rings (SSSR count). The van der Waals surface area contributed by atoms with Crippen LogP contribution in [0.25, 0.3) is 0 Å². The molecule has 0 aromatic rings. The van der Waals surface area contributed by atoms with Crippen molar-refractivity contribution in [1.82, 2.24) is 9.80 Å². The average molecular weight is 375 g/mol. The third kappa shape index (κ3) is 4.69. The summed E-state index contributed by atoms with van der Waals surface area (Å²) in [5.41, 5.74) is 2.78. The standard InChI is InChI=1S/C22H34N2O3/c1-15-5-6-18(13-20-17(3)21(25)14-19(15)20)16(2)22(26)27-12-11-24-9-7-23(4)8-10-24/h15,18-19H,2,5-14H2,1,3-4H3/t15-,18+,19-/m0/s1. The molecule has 0 aromatic carbocycles. The summed E-state index contributed by atoms with van der Waals surface area (Å²) in [4.78, 5) is 29.3. The fraction of sp³-hybridized carbons (Fsp3) is 0.727. The number of allylic oxidation sites excluding steroid dienone is 2. The fourth-order valence-electron chi connectivity index (χ4n) is 4.71. The van der Waals surface area contributed by atoms with Crippen LogP contribution in [0, 0.1) is 17.8 Å². The number of hydrogen-bond acceptors (Lipinski definition) is 5. The lowest BCUT2D eigenvalue weighted by Gasteiger charge is -2.32. The van der Waals surface area contributed by atoms with Gasteiger partial charge in [-0.2, -0.15) is 0 Å². The first-order valence-electron chi connectivity index (χ1n) is 10.4. The summed E-state index contributed by atoms with van der Waals surface area (Å²) in [6, 6.07) is 0. The van der Waals surface area contributed by atoms with E-state index in [1.54, 1.807) is 0 Å². The topological polar surface area (TPSA) is 49.9 Å². The van der Waals surface area contributed by atoms with Crippen molar-refractivity contribution in [2.45, 2.75) is 39.5 Å². The van der Waals surface area contributed by atoms with E-state index < -0.39 is 0 Å². The molecule has 0 amide bonds. The number of carbonyl (C=O) groups excluding carboxylic acids is 2. The number of nitrogens with zero attached hydrogens (tertiary/aromatic N) is 2. The van der Waals surface area contributed by atoms with Crippen LogP contribution < -0.4 is 0 Å². The van der Waals surface area contributed by atoms with Crippen molar-refractivity contribution >= 4 is 11.8 Å². The lowest BCUT2D eigenvalue weighted by molar-refractivity contribution is -0.140. The molecule has 0 radical (unpaired) electrons. The Labute approximate surface area is 163 Å². The Bertz CT molecular complexity index is 631.